The molecule has 2 aromatic carbocycles. The molecule has 1 amide bonds. The summed E-state index contributed by atoms with van der Waals surface area (Å²) in [5.41, 5.74) is 1.67. The van der Waals surface area contributed by atoms with Crippen LogP contribution in [0.5, 0.6) is 0 Å². The first-order chi connectivity index (χ1) is 11.5. The van der Waals surface area contributed by atoms with Crippen LogP contribution in [0.3, 0.4) is 0 Å². The van der Waals surface area contributed by atoms with E-state index in [1.165, 1.54) is 12.1 Å². The van der Waals surface area contributed by atoms with E-state index >= 15 is 0 Å². The first kappa shape index (κ1) is 18.8. The van der Waals surface area contributed by atoms with Gasteiger partial charge in [0.2, 0.25) is 0 Å². The molecular weight excluding hydrogens is 334 g/mol. The zero-order valence-electron chi connectivity index (χ0n) is 14.8. The third-order valence-electron chi connectivity index (χ3n) is 3.25. The highest BCUT2D eigenvalue weighted by molar-refractivity contribution is 7.90. The second-order valence-electron chi connectivity index (χ2n) is 6.83. The van der Waals surface area contributed by atoms with E-state index in [0.717, 1.165) is 11.8 Å². The molecule has 0 heterocycles. The second kappa shape index (κ2) is 7.12. The van der Waals surface area contributed by atoms with Gasteiger partial charge in [-0.1, -0.05) is 17.9 Å². The molecule has 0 aliphatic carbocycles. The van der Waals surface area contributed by atoms with Gasteiger partial charge < -0.3 is 5.32 Å². The fourth-order valence-corrected chi connectivity index (χ4v) is 2.64. The van der Waals surface area contributed by atoms with Gasteiger partial charge in [-0.2, -0.15) is 0 Å². The van der Waals surface area contributed by atoms with Gasteiger partial charge in [0.1, 0.15) is 0 Å². The third-order valence-corrected chi connectivity index (χ3v) is 4.36. The smallest absolute Gasteiger partial charge is 0.255 e. The van der Waals surface area contributed by atoms with Gasteiger partial charge in [-0.15, -0.1) is 0 Å². The molecule has 0 saturated heterocycles. The summed E-state index contributed by atoms with van der Waals surface area (Å²) >= 11 is 0. The van der Waals surface area contributed by atoms with Crippen LogP contribution < -0.4 is 5.32 Å². The molecule has 1 N–H and O–H groups in total. The number of hydrogen-bond acceptors (Lipinski definition) is 3. The van der Waals surface area contributed by atoms with E-state index < -0.39 is 9.84 Å². The minimum Gasteiger partial charge on any atom is -0.322 e. The molecule has 0 fully saturated rings. The van der Waals surface area contributed by atoms with E-state index in [1.54, 1.807) is 36.4 Å². The maximum atomic E-state index is 12.3. The first-order valence-corrected chi connectivity index (χ1v) is 9.68. The van der Waals surface area contributed by atoms with E-state index in [1.807, 2.05) is 20.8 Å². The maximum absolute atomic E-state index is 12.3. The lowest BCUT2D eigenvalue weighted by atomic mass is 9.97. The molecule has 0 atom stereocenters. The van der Waals surface area contributed by atoms with Crippen LogP contribution in [0.4, 0.5) is 5.69 Å². The number of rotatable bonds is 3. The number of sulfone groups is 1. The normalized spacial score (nSPS) is 11.4. The molecule has 130 valence electrons. The summed E-state index contributed by atoms with van der Waals surface area (Å²) in [5, 5.41) is 2.71. The Labute approximate surface area is 149 Å². The van der Waals surface area contributed by atoms with Crippen molar-refractivity contribution in [1.82, 2.24) is 0 Å². The SMILES string of the molecule is CC(C)(C)C#Cc1ccc(C(=O)Nc2cccc(S(C)(=O)=O)c2)cc1. The van der Waals surface area contributed by atoms with Gasteiger partial charge in [0, 0.05) is 28.5 Å². The number of hydrogen-bond donors (Lipinski definition) is 1. The summed E-state index contributed by atoms with van der Waals surface area (Å²) in [7, 11) is -3.32. The molecule has 0 saturated carbocycles. The summed E-state index contributed by atoms with van der Waals surface area (Å²) in [5.74, 6) is 5.91. The van der Waals surface area contributed by atoms with E-state index in [0.29, 0.717) is 11.3 Å². The Hall–Kier alpha value is -2.58. The Morgan fingerprint density at radius 2 is 1.68 bits per heavy atom. The van der Waals surface area contributed by atoms with Crippen molar-refractivity contribution < 1.29 is 13.2 Å². The van der Waals surface area contributed by atoms with Gasteiger partial charge in [0.05, 0.1) is 4.90 Å². The first-order valence-electron chi connectivity index (χ1n) is 7.79. The zero-order valence-corrected chi connectivity index (χ0v) is 15.6. The average molecular weight is 355 g/mol. The van der Waals surface area contributed by atoms with Gasteiger partial charge in [0.25, 0.3) is 5.91 Å². The van der Waals surface area contributed by atoms with Gasteiger partial charge >= 0.3 is 0 Å². The van der Waals surface area contributed by atoms with Gasteiger partial charge in [-0.05, 0) is 63.2 Å². The molecular formula is C20H21NO3S. The monoisotopic (exact) mass is 355 g/mol. The van der Waals surface area contributed by atoms with Crippen LogP contribution in [-0.4, -0.2) is 20.6 Å². The average Bonchev–Trinajstić information content (AvgIpc) is 2.52. The number of carbonyl (C=O) groups is 1. The number of nitrogens with one attached hydrogen (secondary N) is 1. The predicted molar refractivity (Wildman–Crippen MR) is 100 cm³/mol. The second-order valence-corrected chi connectivity index (χ2v) is 8.85. The standard InChI is InChI=1S/C20H21NO3S/c1-20(2,3)13-12-15-8-10-16(11-9-15)19(22)21-17-6-5-7-18(14-17)25(4,23)24/h5-11,14H,1-4H3,(H,21,22). The molecule has 0 unspecified atom stereocenters. The van der Waals surface area contributed by atoms with Crippen LogP contribution in [0.15, 0.2) is 53.4 Å². The molecule has 2 rings (SSSR count). The summed E-state index contributed by atoms with van der Waals surface area (Å²) in [6.07, 6.45) is 1.13. The van der Waals surface area contributed by atoms with Crippen LogP contribution in [0, 0.1) is 17.3 Å². The summed E-state index contributed by atoms with van der Waals surface area (Å²) < 4.78 is 23.2. The van der Waals surface area contributed by atoms with E-state index in [-0.39, 0.29) is 16.2 Å². The minimum atomic E-state index is -3.32. The fraction of sp³-hybridized carbons (Fsp3) is 0.250. The highest BCUT2D eigenvalue weighted by Gasteiger charge is 2.10. The molecule has 0 spiro atoms. The predicted octanol–water partition coefficient (Wildman–Crippen LogP) is 3.74. The van der Waals surface area contributed by atoms with E-state index in [2.05, 4.69) is 17.2 Å². The van der Waals surface area contributed by atoms with Gasteiger partial charge in [0.15, 0.2) is 9.84 Å². The molecule has 0 aliphatic rings. The number of anilines is 1. The summed E-state index contributed by atoms with van der Waals surface area (Å²) in [4.78, 5) is 12.5. The van der Waals surface area contributed by atoms with Crippen molar-refractivity contribution in [2.75, 3.05) is 11.6 Å². The summed E-state index contributed by atoms with van der Waals surface area (Å²) in [6, 6.07) is 13.2. The Morgan fingerprint density at radius 3 is 2.24 bits per heavy atom. The van der Waals surface area contributed by atoms with Crippen LogP contribution >= 0.6 is 0 Å². The van der Waals surface area contributed by atoms with E-state index in [4.69, 9.17) is 0 Å². The fourth-order valence-electron chi connectivity index (χ4n) is 1.97. The highest BCUT2D eigenvalue weighted by atomic mass is 32.2. The lowest BCUT2D eigenvalue weighted by molar-refractivity contribution is 0.102. The minimum absolute atomic E-state index is 0.0827. The molecule has 5 heteroatoms. The zero-order chi connectivity index (χ0) is 18.7. The van der Waals surface area contributed by atoms with Crippen molar-refractivity contribution in [1.29, 1.82) is 0 Å². The van der Waals surface area contributed by atoms with Crippen LogP contribution in [0.25, 0.3) is 0 Å². The molecule has 2 aromatic rings. The lowest BCUT2D eigenvalue weighted by Gasteiger charge is -2.08. The molecule has 0 radical (unpaired) electrons. The highest BCUT2D eigenvalue weighted by Crippen LogP contribution is 2.16. The quantitative estimate of drug-likeness (QED) is 0.853. The largest absolute Gasteiger partial charge is 0.322 e. The van der Waals surface area contributed by atoms with Crippen molar-refractivity contribution in [2.45, 2.75) is 25.7 Å². The van der Waals surface area contributed by atoms with Crippen LogP contribution in [-0.2, 0) is 9.84 Å². The maximum Gasteiger partial charge on any atom is 0.255 e. The van der Waals surface area contributed by atoms with E-state index in [9.17, 15) is 13.2 Å². The Bertz CT molecular complexity index is 941. The molecule has 0 aromatic heterocycles. The van der Waals surface area contributed by atoms with Gasteiger partial charge in [-0.25, -0.2) is 8.42 Å². The van der Waals surface area contributed by atoms with Crippen molar-refractivity contribution >= 4 is 21.4 Å². The molecule has 0 aliphatic heterocycles. The van der Waals surface area contributed by atoms with Crippen LogP contribution in [0.2, 0.25) is 0 Å². The Morgan fingerprint density at radius 1 is 1.04 bits per heavy atom. The molecule has 25 heavy (non-hydrogen) atoms. The Balaban J connectivity index is 2.15. The lowest BCUT2D eigenvalue weighted by Crippen LogP contribution is -2.12. The van der Waals surface area contributed by atoms with Crippen molar-refractivity contribution in [3.05, 3.63) is 59.7 Å². The molecule has 0 bridgehead atoms. The number of amides is 1. The van der Waals surface area contributed by atoms with Crippen molar-refractivity contribution in [3.63, 3.8) is 0 Å². The third kappa shape index (κ3) is 5.77. The van der Waals surface area contributed by atoms with Crippen LogP contribution in [0.1, 0.15) is 36.7 Å². The number of benzene rings is 2. The van der Waals surface area contributed by atoms with Crippen molar-refractivity contribution in [3.8, 4) is 11.8 Å². The van der Waals surface area contributed by atoms with Crippen molar-refractivity contribution in [2.24, 2.45) is 5.41 Å². The van der Waals surface area contributed by atoms with Gasteiger partial charge in [-0.3, -0.25) is 4.79 Å². The Kier molecular flexibility index (Phi) is 5.34. The number of carbonyl (C=O) groups excluding carboxylic acids is 1. The topological polar surface area (TPSA) is 63.2 Å². The summed E-state index contributed by atoms with van der Waals surface area (Å²) in [6.45, 7) is 6.10. The molecule has 4 nitrogen and oxygen atoms in total.